The third-order valence-corrected chi connectivity index (χ3v) is 4.80. The molecule has 0 aromatic heterocycles. The number of nitro benzene ring substituents is 1. The minimum atomic E-state index is -0.613. The molecule has 0 fully saturated rings. The number of nitro groups is 1. The highest BCUT2D eigenvalue weighted by atomic mass is 16.6. The van der Waals surface area contributed by atoms with Gasteiger partial charge in [-0.15, -0.1) is 0 Å². The lowest BCUT2D eigenvalue weighted by molar-refractivity contribution is -0.383. The molecule has 9 nitrogen and oxygen atoms in total. The summed E-state index contributed by atoms with van der Waals surface area (Å²) in [6, 6.07) is 18.1. The van der Waals surface area contributed by atoms with E-state index in [1.165, 1.54) is 30.4 Å². The molecule has 0 unspecified atom stereocenters. The Morgan fingerprint density at radius 1 is 0.771 bits per heavy atom. The standard InChI is InChI=1S/C26H23N3O6/c1-34-21-10-3-18(4-11-21)7-15-25(30)27-20-9-14-24(29(32)33)23(17-20)28-26(31)16-8-19-5-12-22(35-2)13-6-19/h3-17H,1-2H3,(H,27,30)(H,28,31)/b15-7+,16-8+. The van der Waals surface area contributed by atoms with Crippen LogP contribution in [0, 0.1) is 10.1 Å². The first-order valence-corrected chi connectivity index (χ1v) is 10.4. The maximum absolute atomic E-state index is 12.4. The van der Waals surface area contributed by atoms with Gasteiger partial charge in [-0.2, -0.15) is 0 Å². The van der Waals surface area contributed by atoms with Gasteiger partial charge in [-0.3, -0.25) is 19.7 Å². The molecule has 178 valence electrons. The molecule has 2 amide bonds. The number of carbonyl (C=O) groups is 2. The van der Waals surface area contributed by atoms with E-state index in [-0.39, 0.29) is 17.1 Å². The number of amides is 2. The molecule has 35 heavy (non-hydrogen) atoms. The Hall–Kier alpha value is -4.92. The van der Waals surface area contributed by atoms with E-state index in [0.717, 1.165) is 11.1 Å². The number of nitrogens with one attached hydrogen (secondary N) is 2. The quantitative estimate of drug-likeness (QED) is 0.259. The molecule has 3 aromatic rings. The molecule has 0 aliphatic heterocycles. The fourth-order valence-corrected chi connectivity index (χ4v) is 3.01. The third-order valence-electron chi connectivity index (χ3n) is 4.80. The number of ether oxygens (including phenoxy) is 2. The predicted molar refractivity (Wildman–Crippen MR) is 134 cm³/mol. The van der Waals surface area contributed by atoms with Gasteiger partial charge in [-0.05, 0) is 59.7 Å². The number of hydrogen-bond donors (Lipinski definition) is 2. The number of nitrogens with zero attached hydrogens (tertiary/aromatic N) is 1. The van der Waals surface area contributed by atoms with Gasteiger partial charge in [0.2, 0.25) is 11.8 Å². The van der Waals surface area contributed by atoms with Crippen molar-refractivity contribution < 1.29 is 24.0 Å². The molecule has 0 saturated carbocycles. The Kier molecular flexibility index (Phi) is 8.33. The van der Waals surface area contributed by atoms with Gasteiger partial charge < -0.3 is 20.1 Å². The van der Waals surface area contributed by atoms with E-state index >= 15 is 0 Å². The molecule has 3 rings (SSSR count). The maximum atomic E-state index is 12.4. The third kappa shape index (κ3) is 7.29. The van der Waals surface area contributed by atoms with Gasteiger partial charge >= 0.3 is 0 Å². The van der Waals surface area contributed by atoms with Crippen LogP contribution in [0.4, 0.5) is 17.1 Å². The van der Waals surface area contributed by atoms with Gasteiger partial charge in [-0.1, -0.05) is 24.3 Å². The highest BCUT2D eigenvalue weighted by molar-refractivity contribution is 6.05. The van der Waals surface area contributed by atoms with E-state index in [1.54, 1.807) is 74.9 Å². The van der Waals surface area contributed by atoms with Crippen molar-refractivity contribution in [3.63, 3.8) is 0 Å². The van der Waals surface area contributed by atoms with Crippen molar-refractivity contribution in [2.45, 2.75) is 0 Å². The molecule has 0 spiro atoms. The molecular formula is C26H23N3O6. The molecule has 0 bridgehead atoms. The number of methoxy groups -OCH3 is 2. The SMILES string of the molecule is COc1ccc(/C=C/C(=O)Nc2ccc([N+](=O)[O-])c(NC(=O)/C=C/c3ccc(OC)cc3)c2)cc1. The zero-order chi connectivity index (χ0) is 25.2. The molecule has 0 aliphatic carbocycles. The van der Waals surface area contributed by atoms with Crippen LogP contribution < -0.4 is 20.1 Å². The monoisotopic (exact) mass is 473 g/mol. The van der Waals surface area contributed by atoms with Crippen LogP contribution in [0.2, 0.25) is 0 Å². The largest absolute Gasteiger partial charge is 0.497 e. The molecule has 0 aliphatic rings. The maximum Gasteiger partial charge on any atom is 0.292 e. The number of rotatable bonds is 9. The van der Waals surface area contributed by atoms with Gasteiger partial charge in [0.05, 0.1) is 19.1 Å². The Morgan fingerprint density at radius 3 is 1.71 bits per heavy atom. The summed E-state index contributed by atoms with van der Waals surface area (Å²) in [4.78, 5) is 35.5. The van der Waals surface area contributed by atoms with Crippen LogP contribution in [0.5, 0.6) is 11.5 Å². The fraction of sp³-hybridized carbons (Fsp3) is 0.0769. The van der Waals surface area contributed by atoms with Crippen molar-refractivity contribution in [3.05, 3.63) is 100 Å². The van der Waals surface area contributed by atoms with Crippen LogP contribution in [-0.4, -0.2) is 31.0 Å². The number of hydrogen-bond acceptors (Lipinski definition) is 6. The van der Waals surface area contributed by atoms with Crippen molar-refractivity contribution >= 4 is 41.0 Å². The summed E-state index contributed by atoms with van der Waals surface area (Å²) >= 11 is 0. The Morgan fingerprint density at radius 2 is 1.26 bits per heavy atom. The summed E-state index contributed by atoms with van der Waals surface area (Å²) < 4.78 is 10.2. The molecule has 2 N–H and O–H groups in total. The minimum Gasteiger partial charge on any atom is -0.497 e. The summed E-state index contributed by atoms with van der Waals surface area (Å²) in [6.07, 6.45) is 5.77. The van der Waals surface area contributed by atoms with E-state index in [9.17, 15) is 19.7 Å². The van der Waals surface area contributed by atoms with Gasteiger partial charge in [0.1, 0.15) is 17.2 Å². The van der Waals surface area contributed by atoms with Crippen LogP contribution in [0.25, 0.3) is 12.2 Å². The highest BCUT2D eigenvalue weighted by Crippen LogP contribution is 2.28. The molecule has 3 aromatic carbocycles. The first-order valence-electron chi connectivity index (χ1n) is 10.4. The number of carbonyl (C=O) groups excluding carboxylic acids is 2. The second kappa shape index (κ2) is 11.8. The Labute approximate surface area is 201 Å². The first-order chi connectivity index (χ1) is 16.9. The van der Waals surface area contributed by atoms with Crippen LogP contribution in [0.3, 0.4) is 0 Å². The average Bonchev–Trinajstić information content (AvgIpc) is 2.87. The molecule has 0 atom stereocenters. The average molecular weight is 473 g/mol. The topological polar surface area (TPSA) is 120 Å². The lowest BCUT2D eigenvalue weighted by Crippen LogP contribution is -2.12. The van der Waals surface area contributed by atoms with Gasteiger partial charge in [-0.25, -0.2) is 0 Å². The van der Waals surface area contributed by atoms with Crippen molar-refractivity contribution in [2.75, 3.05) is 24.9 Å². The second-order valence-corrected chi connectivity index (χ2v) is 7.18. The van der Waals surface area contributed by atoms with Crippen molar-refractivity contribution in [2.24, 2.45) is 0 Å². The van der Waals surface area contributed by atoms with E-state index < -0.39 is 16.7 Å². The predicted octanol–water partition coefficient (Wildman–Crippen LogP) is 4.92. The molecule has 9 heteroatoms. The highest BCUT2D eigenvalue weighted by Gasteiger charge is 2.16. The van der Waals surface area contributed by atoms with E-state index in [4.69, 9.17) is 9.47 Å². The zero-order valence-electron chi connectivity index (χ0n) is 19.1. The smallest absolute Gasteiger partial charge is 0.292 e. The van der Waals surface area contributed by atoms with Crippen molar-refractivity contribution in [1.29, 1.82) is 0 Å². The summed E-state index contributed by atoms with van der Waals surface area (Å²) in [6.45, 7) is 0. The van der Waals surface area contributed by atoms with E-state index in [1.807, 2.05) is 0 Å². The lowest BCUT2D eigenvalue weighted by Gasteiger charge is -2.08. The van der Waals surface area contributed by atoms with Crippen LogP contribution in [0.15, 0.2) is 78.9 Å². The Bertz CT molecular complexity index is 1270. The van der Waals surface area contributed by atoms with Crippen LogP contribution >= 0.6 is 0 Å². The summed E-state index contributed by atoms with van der Waals surface area (Å²) in [5, 5.41) is 16.5. The number of anilines is 2. The van der Waals surface area contributed by atoms with Crippen molar-refractivity contribution in [1.82, 2.24) is 0 Å². The molecule has 0 saturated heterocycles. The molecular weight excluding hydrogens is 450 g/mol. The number of benzene rings is 3. The summed E-state index contributed by atoms with van der Waals surface area (Å²) in [7, 11) is 3.12. The second-order valence-electron chi connectivity index (χ2n) is 7.18. The molecule has 0 heterocycles. The zero-order valence-corrected chi connectivity index (χ0v) is 19.1. The Balaban J connectivity index is 1.69. The van der Waals surface area contributed by atoms with E-state index in [0.29, 0.717) is 11.5 Å². The first kappa shape index (κ1) is 24.7. The fourth-order valence-electron chi connectivity index (χ4n) is 3.01. The van der Waals surface area contributed by atoms with Crippen molar-refractivity contribution in [3.8, 4) is 11.5 Å². The lowest BCUT2D eigenvalue weighted by atomic mass is 10.2. The summed E-state index contributed by atoms with van der Waals surface area (Å²) in [5.74, 6) is 0.379. The normalized spacial score (nSPS) is 10.8. The van der Waals surface area contributed by atoms with Gasteiger partial charge in [0, 0.05) is 23.9 Å². The van der Waals surface area contributed by atoms with Crippen LogP contribution in [0.1, 0.15) is 11.1 Å². The van der Waals surface area contributed by atoms with Gasteiger partial charge in [0.15, 0.2) is 0 Å². The van der Waals surface area contributed by atoms with Crippen LogP contribution in [-0.2, 0) is 9.59 Å². The summed E-state index contributed by atoms with van der Waals surface area (Å²) in [5.41, 5.74) is 1.48. The van der Waals surface area contributed by atoms with E-state index in [2.05, 4.69) is 10.6 Å². The molecule has 0 radical (unpaired) electrons. The van der Waals surface area contributed by atoms with Gasteiger partial charge in [0.25, 0.3) is 5.69 Å². The minimum absolute atomic E-state index is 0.0451.